The molecule has 2 amide bonds. The number of nitrogens with one attached hydrogen (secondary N) is 3. The first kappa shape index (κ1) is 23.7. The number of hydrogen-bond donors (Lipinski definition) is 3. The summed E-state index contributed by atoms with van der Waals surface area (Å²) in [4.78, 5) is 25.1. The van der Waals surface area contributed by atoms with E-state index in [-0.39, 0.29) is 30.0 Å². The topological polar surface area (TPSA) is 104 Å². The van der Waals surface area contributed by atoms with Crippen molar-refractivity contribution in [1.29, 1.82) is 0 Å². The molecular formula is C24H29N3O4S. The summed E-state index contributed by atoms with van der Waals surface area (Å²) in [5, 5.41) is 5.72. The summed E-state index contributed by atoms with van der Waals surface area (Å²) in [6, 6.07) is 13.5. The van der Waals surface area contributed by atoms with Crippen LogP contribution in [0.15, 0.2) is 61.2 Å². The molecule has 3 rings (SSSR count). The van der Waals surface area contributed by atoms with Crippen LogP contribution in [-0.2, 0) is 20.6 Å². The van der Waals surface area contributed by atoms with Crippen LogP contribution in [0.5, 0.6) is 0 Å². The van der Waals surface area contributed by atoms with Crippen LogP contribution in [0.25, 0.3) is 0 Å². The summed E-state index contributed by atoms with van der Waals surface area (Å²) in [6.45, 7) is 3.67. The van der Waals surface area contributed by atoms with Crippen LogP contribution in [0.3, 0.4) is 0 Å². The monoisotopic (exact) mass is 455 g/mol. The molecule has 0 unspecified atom stereocenters. The lowest BCUT2D eigenvalue weighted by Crippen LogP contribution is -2.25. The number of sulfonamides is 1. The minimum absolute atomic E-state index is 0.00961. The van der Waals surface area contributed by atoms with E-state index in [2.05, 4.69) is 21.9 Å². The van der Waals surface area contributed by atoms with E-state index in [9.17, 15) is 18.0 Å². The number of carbonyl (C=O) groups excluding carboxylic acids is 2. The van der Waals surface area contributed by atoms with E-state index < -0.39 is 10.0 Å². The molecule has 0 radical (unpaired) electrons. The standard InChI is InChI=1S/C24H29N3O4S/c1-2-15-25-32(30,31)17-18-11-13-21(14-12-18)26-24(29)20-9-6-10-22(16-20)27-23(28)19-7-4-3-5-8-19/h2,6,9-14,16,19,25H,1,3-5,7-8,15,17H2,(H,26,29)(H,27,28). The number of carbonyl (C=O) groups is 2. The van der Waals surface area contributed by atoms with Gasteiger partial charge < -0.3 is 10.6 Å². The maximum absolute atomic E-state index is 12.6. The van der Waals surface area contributed by atoms with Crippen LogP contribution < -0.4 is 15.4 Å². The van der Waals surface area contributed by atoms with Gasteiger partial charge in [0.15, 0.2) is 0 Å². The zero-order chi connectivity index (χ0) is 23.0. The quantitative estimate of drug-likeness (QED) is 0.496. The zero-order valence-corrected chi connectivity index (χ0v) is 18.8. The first-order valence-corrected chi connectivity index (χ1v) is 12.4. The van der Waals surface area contributed by atoms with Gasteiger partial charge in [-0.15, -0.1) is 6.58 Å². The molecule has 1 fully saturated rings. The molecule has 7 nitrogen and oxygen atoms in total. The molecule has 0 spiro atoms. The van der Waals surface area contributed by atoms with E-state index in [0.29, 0.717) is 22.5 Å². The van der Waals surface area contributed by atoms with Gasteiger partial charge in [-0.2, -0.15) is 0 Å². The molecular weight excluding hydrogens is 426 g/mol. The van der Waals surface area contributed by atoms with E-state index in [1.54, 1.807) is 48.5 Å². The lowest BCUT2D eigenvalue weighted by molar-refractivity contribution is -0.120. The van der Waals surface area contributed by atoms with Crippen molar-refractivity contribution in [2.45, 2.75) is 37.9 Å². The van der Waals surface area contributed by atoms with Crippen LogP contribution in [0.4, 0.5) is 11.4 Å². The molecule has 1 aliphatic carbocycles. The second kappa shape index (κ2) is 11.1. The van der Waals surface area contributed by atoms with Crippen molar-refractivity contribution >= 4 is 33.2 Å². The van der Waals surface area contributed by atoms with Gasteiger partial charge in [0.2, 0.25) is 15.9 Å². The molecule has 32 heavy (non-hydrogen) atoms. The number of amides is 2. The Labute approximate surface area is 189 Å². The van der Waals surface area contributed by atoms with Gasteiger partial charge in [-0.25, -0.2) is 13.1 Å². The van der Waals surface area contributed by atoms with E-state index in [4.69, 9.17) is 0 Å². The van der Waals surface area contributed by atoms with E-state index in [1.165, 1.54) is 12.5 Å². The molecule has 2 aromatic rings. The fourth-order valence-electron chi connectivity index (χ4n) is 3.69. The molecule has 0 bridgehead atoms. The second-order valence-electron chi connectivity index (χ2n) is 7.95. The molecule has 2 aromatic carbocycles. The van der Waals surface area contributed by atoms with E-state index in [0.717, 1.165) is 25.7 Å². The Bertz CT molecular complexity index is 1060. The summed E-state index contributed by atoms with van der Waals surface area (Å²) in [6.07, 6.45) is 6.64. The fourth-order valence-corrected chi connectivity index (χ4v) is 4.80. The number of rotatable bonds is 9. The maximum Gasteiger partial charge on any atom is 0.255 e. The molecule has 8 heteroatoms. The minimum Gasteiger partial charge on any atom is -0.326 e. The third-order valence-corrected chi connectivity index (χ3v) is 6.70. The third-order valence-electron chi connectivity index (χ3n) is 5.38. The summed E-state index contributed by atoms with van der Waals surface area (Å²) in [7, 11) is -3.44. The minimum atomic E-state index is -3.44. The highest BCUT2D eigenvalue weighted by Gasteiger charge is 2.21. The van der Waals surface area contributed by atoms with Gasteiger partial charge in [0.1, 0.15) is 0 Å². The fraction of sp³-hybridized carbons (Fsp3) is 0.333. The average molecular weight is 456 g/mol. The first-order valence-electron chi connectivity index (χ1n) is 10.8. The maximum atomic E-state index is 12.6. The number of benzene rings is 2. The predicted octanol–water partition coefficient (Wildman–Crippen LogP) is 4.06. The predicted molar refractivity (Wildman–Crippen MR) is 127 cm³/mol. The molecule has 0 aromatic heterocycles. The Morgan fingerprint density at radius 3 is 2.38 bits per heavy atom. The molecule has 1 saturated carbocycles. The normalized spacial score (nSPS) is 14.5. The molecule has 0 heterocycles. The SMILES string of the molecule is C=CCNS(=O)(=O)Cc1ccc(NC(=O)c2cccc(NC(=O)C3CCCCC3)c2)cc1. The van der Waals surface area contributed by atoms with Crippen molar-refractivity contribution in [2.75, 3.05) is 17.2 Å². The van der Waals surface area contributed by atoms with Gasteiger partial charge in [0.05, 0.1) is 5.75 Å². The Morgan fingerprint density at radius 1 is 0.969 bits per heavy atom. The Hall–Kier alpha value is -2.97. The Balaban J connectivity index is 1.59. The van der Waals surface area contributed by atoms with Crippen molar-refractivity contribution < 1.29 is 18.0 Å². The van der Waals surface area contributed by atoms with E-state index >= 15 is 0 Å². The van der Waals surface area contributed by atoms with Gasteiger partial charge in [-0.3, -0.25) is 9.59 Å². The smallest absolute Gasteiger partial charge is 0.255 e. The third kappa shape index (κ3) is 7.03. The summed E-state index contributed by atoms with van der Waals surface area (Å²) in [5.41, 5.74) is 2.17. The van der Waals surface area contributed by atoms with Crippen molar-refractivity contribution in [3.63, 3.8) is 0 Å². The highest BCUT2D eigenvalue weighted by atomic mass is 32.2. The van der Waals surface area contributed by atoms with Gasteiger partial charge in [-0.1, -0.05) is 43.5 Å². The molecule has 3 N–H and O–H groups in total. The van der Waals surface area contributed by atoms with E-state index in [1.807, 2.05) is 0 Å². The lowest BCUT2D eigenvalue weighted by Gasteiger charge is -2.20. The highest BCUT2D eigenvalue weighted by Crippen LogP contribution is 2.25. The summed E-state index contributed by atoms with van der Waals surface area (Å²) in [5.74, 6) is -0.421. The Kier molecular flexibility index (Phi) is 8.19. The Morgan fingerprint density at radius 2 is 1.69 bits per heavy atom. The number of anilines is 2. The van der Waals surface area contributed by atoms with Crippen molar-refractivity contribution in [3.8, 4) is 0 Å². The van der Waals surface area contributed by atoms with Crippen molar-refractivity contribution in [2.24, 2.45) is 5.92 Å². The van der Waals surface area contributed by atoms with Crippen LogP contribution >= 0.6 is 0 Å². The summed E-state index contributed by atoms with van der Waals surface area (Å²) < 4.78 is 26.3. The van der Waals surface area contributed by atoms with Crippen LogP contribution in [-0.4, -0.2) is 26.8 Å². The molecule has 1 aliphatic rings. The van der Waals surface area contributed by atoms with Crippen LogP contribution in [0.2, 0.25) is 0 Å². The largest absolute Gasteiger partial charge is 0.326 e. The van der Waals surface area contributed by atoms with Gasteiger partial charge in [0.25, 0.3) is 5.91 Å². The van der Waals surface area contributed by atoms with Gasteiger partial charge in [-0.05, 0) is 48.7 Å². The molecule has 0 aliphatic heterocycles. The summed E-state index contributed by atoms with van der Waals surface area (Å²) >= 11 is 0. The van der Waals surface area contributed by atoms with Gasteiger partial charge in [0, 0.05) is 29.4 Å². The van der Waals surface area contributed by atoms with Crippen LogP contribution in [0.1, 0.15) is 48.0 Å². The first-order chi connectivity index (χ1) is 15.4. The average Bonchev–Trinajstić information content (AvgIpc) is 2.79. The molecule has 170 valence electrons. The number of hydrogen-bond acceptors (Lipinski definition) is 4. The molecule has 0 atom stereocenters. The second-order valence-corrected chi connectivity index (χ2v) is 9.76. The van der Waals surface area contributed by atoms with Crippen molar-refractivity contribution in [3.05, 3.63) is 72.3 Å². The highest BCUT2D eigenvalue weighted by molar-refractivity contribution is 7.88. The molecule has 0 saturated heterocycles. The van der Waals surface area contributed by atoms with Gasteiger partial charge >= 0.3 is 0 Å². The zero-order valence-electron chi connectivity index (χ0n) is 18.0. The lowest BCUT2D eigenvalue weighted by atomic mass is 9.88. The van der Waals surface area contributed by atoms with Crippen molar-refractivity contribution in [1.82, 2.24) is 4.72 Å². The van der Waals surface area contributed by atoms with Crippen LogP contribution in [0, 0.1) is 5.92 Å².